The molecule has 1 aromatic rings. The molecule has 1 N–H and O–H groups in total. The van der Waals surface area contributed by atoms with E-state index in [0.717, 1.165) is 18.9 Å². The minimum absolute atomic E-state index is 0.846. The predicted molar refractivity (Wildman–Crippen MR) is 70.8 cm³/mol. The van der Waals surface area contributed by atoms with Crippen molar-refractivity contribution in [3.63, 3.8) is 0 Å². The van der Waals surface area contributed by atoms with Gasteiger partial charge in [-0.3, -0.25) is 0 Å². The van der Waals surface area contributed by atoms with Gasteiger partial charge in [0.25, 0.3) is 0 Å². The van der Waals surface area contributed by atoms with Crippen LogP contribution in [-0.2, 0) is 0 Å². The highest BCUT2D eigenvalue weighted by Crippen LogP contribution is 2.18. The van der Waals surface area contributed by atoms with Crippen molar-refractivity contribution in [2.45, 2.75) is 33.1 Å². The van der Waals surface area contributed by atoms with Crippen LogP contribution < -0.4 is 9.64 Å². The molecule has 0 spiro atoms. The SMILES string of the molecule is Cc1ccc(OCC[NH+]2CCCCC2)c(C)c1. The first-order valence-electron chi connectivity index (χ1n) is 6.79. The van der Waals surface area contributed by atoms with Crippen LogP contribution >= 0.6 is 0 Å². The summed E-state index contributed by atoms with van der Waals surface area (Å²) in [5.74, 6) is 1.05. The molecule has 94 valence electrons. The molecule has 1 aliphatic heterocycles. The van der Waals surface area contributed by atoms with E-state index in [4.69, 9.17) is 4.74 Å². The van der Waals surface area contributed by atoms with Gasteiger partial charge in [-0.1, -0.05) is 17.7 Å². The van der Waals surface area contributed by atoms with Crippen LogP contribution in [0.15, 0.2) is 18.2 Å². The molecule has 0 radical (unpaired) electrons. The maximum atomic E-state index is 5.87. The maximum Gasteiger partial charge on any atom is 0.137 e. The van der Waals surface area contributed by atoms with Crippen LogP contribution in [-0.4, -0.2) is 26.2 Å². The average Bonchev–Trinajstić information content (AvgIpc) is 2.33. The van der Waals surface area contributed by atoms with Crippen LogP contribution in [0.2, 0.25) is 0 Å². The molecule has 0 aromatic heterocycles. The normalized spacial score (nSPS) is 17.1. The first-order valence-corrected chi connectivity index (χ1v) is 6.79. The fourth-order valence-corrected chi connectivity index (χ4v) is 2.57. The third-order valence-corrected chi connectivity index (χ3v) is 3.60. The van der Waals surface area contributed by atoms with Crippen molar-refractivity contribution in [1.29, 1.82) is 0 Å². The van der Waals surface area contributed by atoms with Crippen LogP contribution in [0.3, 0.4) is 0 Å². The number of nitrogens with one attached hydrogen (secondary N) is 1. The Morgan fingerprint density at radius 2 is 1.88 bits per heavy atom. The summed E-state index contributed by atoms with van der Waals surface area (Å²) >= 11 is 0. The second-order valence-corrected chi connectivity index (χ2v) is 5.18. The van der Waals surface area contributed by atoms with E-state index in [9.17, 15) is 0 Å². The molecule has 0 aliphatic carbocycles. The summed E-state index contributed by atoms with van der Waals surface area (Å²) < 4.78 is 5.87. The molecule has 0 bridgehead atoms. The van der Waals surface area contributed by atoms with Crippen molar-refractivity contribution in [3.8, 4) is 5.75 Å². The number of benzene rings is 1. The molecule has 0 unspecified atom stereocenters. The van der Waals surface area contributed by atoms with E-state index in [1.54, 1.807) is 4.90 Å². The molecule has 2 heteroatoms. The Bertz CT molecular complexity index is 356. The van der Waals surface area contributed by atoms with Gasteiger partial charge < -0.3 is 9.64 Å². The quantitative estimate of drug-likeness (QED) is 0.838. The molecule has 1 fully saturated rings. The van der Waals surface area contributed by atoms with Crippen LogP contribution in [0, 0.1) is 13.8 Å². The van der Waals surface area contributed by atoms with Gasteiger partial charge in [-0.2, -0.15) is 0 Å². The number of quaternary nitrogens is 1. The fraction of sp³-hybridized carbons (Fsp3) is 0.600. The summed E-state index contributed by atoms with van der Waals surface area (Å²) in [6.07, 6.45) is 4.19. The fourth-order valence-electron chi connectivity index (χ4n) is 2.57. The van der Waals surface area contributed by atoms with E-state index in [2.05, 4.69) is 32.0 Å². The summed E-state index contributed by atoms with van der Waals surface area (Å²) in [4.78, 5) is 1.71. The van der Waals surface area contributed by atoms with Gasteiger partial charge in [0.05, 0.1) is 13.1 Å². The first-order chi connectivity index (χ1) is 8.25. The second kappa shape index (κ2) is 6.06. The Hall–Kier alpha value is -1.02. The van der Waals surface area contributed by atoms with Crippen LogP contribution in [0.4, 0.5) is 0 Å². The van der Waals surface area contributed by atoms with Crippen molar-refractivity contribution in [2.24, 2.45) is 0 Å². The lowest BCUT2D eigenvalue weighted by Crippen LogP contribution is -3.13. The lowest BCUT2D eigenvalue weighted by atomic mass is 10.1. The summed E-state index contributed by atoms with van der Waals surface area (Å²) in [5.41, 5.74) is 2.55. The monoisotopic (exact) mass is 234 g/mol. The van der Waals surface area contributed by atoms with Gasteiger partial charge in [-0.05, 0) is 44.7 Å². The standard InChI is InChI=1S/C15H23NO/c1-13-6-7-15(14(2)12-13)17-11-10-16-8-4-3-5-9-16/h6-7,12H,3-5,8-11H2,1-2H3/p+1. The minimum Gasteiger partial charge on any atom is -0.487 e. The molecule has 0 amide bonds. The Labute approximate surface area is 105 Å². The van der Waals surface area contributed by atoms with E-state index >= 15 is 0 Å². The van der Waals surface area contributed by atoms with Crippen molar-refractivity contribution >= 4 is 0 Å². The third kappa shape index (κ3) is 3.74. The summed E-state index contributed by atoms with van der Waals surface area (Å²) in [5, 5.41) is 0. The van der Waals surface area contributed by atoms with E-state index < -0.39 is 0 Å². The second-order valence-electron chi connectivity index (χ2n) is 5.18. The Balaban J connectivity index is 1.77. The Kier molecular flexibility index (Phi) is 4.43. The minimum atomic E-state index is 0.846. The zero-order valence-electron chi connectivity index (χ0n) is 11.1. The van der Waals surface area contributed by atoms with Gasteiger partial charge in [0, 0.05) is 0 Å². The van der Waals surface area contributed by atoms with Gasteiger partial charge in [-0.15, -0.1) is 0 Å². The van der Waals surface area contributed by atoms with Gasteiger partial charge in [0.15, 0.2) is 0 Å². The van der Waals surface area contributed by atoms with Crippen LogP contribution in [0.1, 0.15) is 30.4 Å². The third-order valence-electron chi connectivity index (χ3n) is 3.60. The van der Waals surface area contributed by atoms with Crippen molar-refractivity contribution in [3.05, 3.63) is 29.3 Å². The number of aryl methyl sites for hydroxylation is 2. The molecule has 2 nitrogen and oxygen atoms in total. The van der Waals surface area contributed by atoms with Gasteiger partial charge >= 0.3 is 0 Å². The van der Waals surface area contributed by atoms with Gasteiger partial charge in [-0.25, -0.2) is 0 Å². The van der Waals surface area contributed by atoms with Crippen molar-refractivity contribution in [1.82, 2.24) is 0 Å². The van der Waals surface area contributed by atoms with Crippen molar-refractivity contribution < 1.29 is 9.64 Å². The summed E-state index contributed by atoms with van der Waals surface area (Å²) in [6, 6.07) is 6.40. The molecule has 1 aliphatic rings. The molecule has 1 saturated heterocycles. The molecular formula is C15H24NO+. The zero-order chi connectivity index (χ0) is 12.1. The molecule has 1 aromatic carbocycles. The maximum absolute atomic E-state index is 5.87. The Morgan fingerprint density at radius 1 is 1.12 bits per heavy atom. The lowest BCUT2D eigenvalue weighted by molar-refractivity contribution is -0.904. The van der Waals surface area contributed by atoms with E-state index in [1.165, 1.54) is 43.5 Å². The largest absolute Gasteiger partial charge is 0.487 e. The lowest BCUT2D eigenvalue weighted by Gasteiger charge is -2.23. The highest BCUT2D eigenvalue weighted by molar-refractivity contribution is 5.35. The number of piperidine rings is 1. The smallest absolute Gasteiger partial charge is 0.137 e. The van der Waals surface area contributed by atoms with E-state index in [0.29, 0.717) is 0 Å². The number of ether oxygens (including phenoxy) is 1. The molecule has 0 saturated carbocycles. The average molecular weight is 234 g/mol. The van der Waals surface area contributed by atoms with Gasteiger partial charge in [0.2, 0.25) is 0 Å². The molecule has 1 heterocycles. The van der Waals surface area contributed by atoms with Crippen LogP contribution in [0.25, 0.3) is 0 Å². The number of hydrogen-bond donors (Lipinski definition) is 1. The topological polar surface area (TPSA) is 13.7 Å². The van der Waals surface area contributed by atoms with E-state index in [-0.39, 0.29) is 0 Å². The molecular weight excluding hydrogens is 210 g/mol. The number of rotatable bonds is 4. The van der Waals surface area contributed by atoms with Crippen LogP contribution in [0.5, 0.6) is 5.75 Å². The molecule has 17 heavy (non-hydrogen) atoms. The number of likely N-dealkylation sites (tertiary alicyclic amines) is 1. The molecule has 2 rings (SSSR count). The van der Waals surface area contributed by atoms with Gasteiger partial charge in [0.1, 0.15) is 18.9 Å². The summed E-state index contributed by atoms with van der Waals surface area (Å²) in [7, 11) is 0. The Morgan fingerprint density at radius 3 is 2.59 bits per heavy atom. The zero-order valence-corrected chi connectivity index (χ0v) is 11.1. The summed E-state index contributed by atoms with van der Waals surface area (Å²) in [6.45, 7) is 8.89. The van der Waals surface area contributed by atoms with Crippen molar-refractivity contribution in [2.75, 3.05) is 26.2 Å². The highest BCUT2D eigenvalue weighted by atomic mass is 16.5. The first kappa shape index (κ1) is 12.4. The predicted octanol–water partition coefficient (Wildman–Crippen LogP) is 1.75. The van der Waals surface area contributed by atoms with E-state index in [1.807, 2.05) is 0 Å². The molecule has 0 atom stereocenters. The number of hydrogen-bond acceptors (Lipinski definition) is 1. The highest BCUT2D eigenvalue weighted by Gasteiger charge is 2.13.